The van der Waals surface area contributed by atoms with Crippen LogP contribution in [0.3, 0.4) is 0 Å². The number of unbranched alkanes of at least 4 members (excludes halogenated alkanes) is 10. The van der Waals surface area contributed by atoms with Gasteiger partial charge in [0.1, 0.15) is 11.4 Å². The van der Waals surface area contributed by atoms with Gasteiger partial charge in [0.15, 0.2) is 0 Å². The quantitative estimate of drug-likeness (QED) is 0.165. The molecule has 1 heterocycles. The molecule has 0 amide bonds. The Bertz CT molecular complexity index is 1200. The van der Waals surface area contributed by atoms with Crippen molar-refractivity contribution in [1.29, 1.82) is 0 Å². The monoisotopic (exact) mass is 536 g/mol. The minimum absolute atomic E-state index is 0.267. The molecule has 0 saturated heterocycles. The Balaban J connectivity index is 1.72. The number of hydrogen-bond acceptors (Lipinski definition) is 1. The molecule has 3 aromatic rings. The van der Waals surface area contributed by atoms with Crippen LogP contribution in [-0.2, 0) is 5.60 Å². The van der Waals surface area contributed by atoms with E-state index < -0.39 is 0 Å². The molecule has 0 atom stereocenters. The molecule has 1 nitrogen and oxygen atoms in total. The van der Waals surface area contributed by atoms with E-state index >= 15 is 0 Å². The topological polar surface area (TPSA) is 9.23 Å². The largest absolute Gasteiger partial charge is 0.482 e. The van der Waals surface area contributed by atoms with Crippen LogP contribution in [-0.4, -0.2) is 0 Å². The van der Waals surface area contributed by atoms with Crippen LogP contribution in [0.15, 0.2) is 72.8 Å². The third kappa shape index (κ3) is 7.48. The Labute approximate surface area is 245 Å². The molecular formula is C39H52O. The maximum atomic E-state index is 7.24. The van der Waals surface area contributed by atoms with Gasteiger partial charge in [0.05, 0.1) is 0 Å². The Morgan fingerprint density at radius 1 is 0.650 bits per heavy atom. The molecule has 0 saturated carbocycles. The van der Waals surface area contributed by atoms with Crippen LogP contribution >= 0.6 is 0 Å². The molecule has 214 valence electrons. The lowest BCUT2D eigenvalue weighted by Crippen LogP contribution is -2.36. The van der Waals surface area contributed by atoms with Crippen LogP contribution in [0.4, 0.5) is 0 Å². The van der Waals surface area contributed by atoms with Gasteiger partial charge in [-0.2, -0.15) is 0 Å². The zero-order chi connectivity index (χ0) is 28.2. The smallest absolute Gasteiger partial charge is 0.135 e. The van der Waals surface area contributed by atoms with Gasteiger partial charge in [-0.05, 0) is 79.5 Å². The van der Waals surface area contributed by atoms with E-state index in [9.17, 15) is 0 Å². The molecule has 0 bridgehead atoms. The summed E-state index contributed by atoms with van der Waals surface area (Å²) in [4.78, 5) is 0. The van der Waals surface area contributed by atoms with Gasteiger partial charge in [-0.1, -0.05) is 139 Å². The van der Waals surface area contributed by atoms with Crippen molar-refractivity contribution in [2.75, 3.05) is 0 Å². The number of aryl methyl sites for hydroxylation is 1. The summed E-state index contributed by atoms with van der Waals surface area (Å²) >= 11 is 0. The van der Waals surface area contributed by atoms with E-state index in [1.165, 1.54) is 116 Å². The standard InChI is InChI=1S/C39H52O/c1-5-8-10-12-14-19-27-39(28-20-15-13-11-9-6-2)37-30-33(34(7-3)32-21-17-16-18-22-32)24-26-35(37)36-25-23-31(4)29-38(36)40-39/h7,16-18,21-26,29-30H,5-6,8-15,19-20,27-28H2,1-4H3. The van der Waals surface area contributed by atoms with Gasteiger partial charge in [-0.25, -0.2) is 0 Å². The molecule has 0 aliphatic carbocycles. The van der Waals surface area contributed by atoms with Gasteiger partial charge in [0.2, 0.25) is 0 Å². The van der Waals surface area contributed by atoms with E-state index in [2.05, 4.69) is 101 Å². The summed E-state index contributed by atoms with van der Waals surface area (Å²) in [7, 11) is 0. The molecule has 0 radical (unpaired) electrons. The summed E-state index contributed by atoms with van der Waals surface area (Å²) < 4.78 is 7.24. The van der Waals surface area contributed by atoms with Crippen molar-refractivity contribution in [1.82, 2.24) is 0 Å². The van der Waals surface area contributed by atoms with Crippen LogP contribution in [0, 0.1) is 6.92 Å². The van der Waals surface area contributed by atoms with Gasteiger partial charge < -0.3 is 4.74 Å². The zero-order valence-electron chi connectivity index (χ0n) is 25.7. The minimum Gasteiger partial charge on any atom is -0.482 e. The maximum absolute atomic E-state index is 7.24. The van der Waals surface area contributed by atoms with Crippen LogP contribution in [0.2, 0.25) is 0 Å². The summed E-state index contributed by atoms with van der Waals surface area (Å²) in [6.07, 6.45) is 20.1. The molecule has 3 aromatic carbocycles. The molecule has 1 heteroatoms. The van der Waals surface area contributed by atoms with E-state index in [0.717, 1.165) is 18.6 Å². The third-order valence-electron chi connectivity index (χ3n) is 8.80. The minimum atomic E-state index is -0.267. The lowest BCUT2D eigenvalue weighted by molar-refractivity contribution is 0.0385. The Hall–Kier alpha value is -2.80. The highest BCUT2D eigenvalue weighted by atomic mass is 16.5. The maximum Gasteiger partial charge on any atom is 0.135 e. The SMILES string of the molecule is CC=C(c1ccccc1)c1ccc2c(c1)C(CCCCCCCC)(CCCCCCCC)Oc1cc(C)ccc1-2. The number of allylic oxidation sites excluding steroid dienone is 1. The van der Waals surface area contributed by atoms with Crippen molar-refractivity contribution in [2.45, 2.75) is 123 Å². The molecule has 4 rings (SSSR count). The van der Waals surface area contributed by atoms with Gasteiger partial charge in [-0.15, -0.1) is 0 Å². The third-order valence-corrected chi connectivity index (χ3v) is 8.80. The Morgan fingerprint density at radius 3 is 1.88 bits per heavy atom. The van der Waals surface area contributed by atoms with E-state index in [4.69, 9.17) is 4.74 Å². The summed E-state index contributed by atoms with van der Waals surface area (Å²) in [6.45, 7) is 8.95. The van der Waals surface area contributed by atoms with E-state index in [1.807, 2.05) is 0 Å². The van der Waals surface area contributed by atoms with Crippen LogP contribution < -0.4 is 4.74 Å². The van der Waals surface area contributed by atoms with Crippen molar-refractivity contribution >= 4 is 5.57 Å². The predicted molar refractivity (Wildman–Crippen MR) is 174 cm³/mol. The number of rotatable bonds is 16. The normalized spacial score (nSPS) is 13.9. The zero-order valence-corrected chi connectivity index (χ0v) is 25.7. The second-order valence-corrected chi connectivity index (χ2v) is 12.0. The van der Waals surface area contributed by atoms with Crippen molar-refractivity contribution in [3.05, 3.63) is 95.1 Å². The highest BCUT2D eigenvalue weighted by Crippen LogP contribution is 2.51. The molecule has 40 heavy (non-hydrogen) atoms. The van der Waals surface area contributed by atoms with Crippen molar-refractivity contribution in [3.8, 4) is 16.9 Å². The van der Waals surface area contributed by atoms with Gasteiger partial charge in [0.25, 0.3) is 0 Å². The molecular weight excluding hydrogens is 484 g/mol. The number of benzene rings is 3. The number of ether oxygens (including phenoxy) is 1. The first kappa shape index (κ1) is 30.2. The molecule has 0 spiro atoms. The average molecular weight is 537 g/mol. The summed E-state index contributed by atoms with van der Waals surface area (Å²) in [5.74, 6) is 1.08. The second-order valence-electron chi connectivity index (χ2n) is 12.0. The Kier molecular flexibility index (Phi) is 11.5. The fourth-order valence-electron chi connectivity index (χ4n) is 6.52. The highest BCUT2D eigenvalue weighted by molar-refractivity contribution is 5.84. The van der Waals surface area contributed by atoms with Gasteiger partial charge in [-0.3, -0.25) is 0 Å². The molecule has 0 unspecified atom stereocenters. The average Bonchev–Trinajstić information content (AvgIpc) is 2.97. The molecule has 0 fully saturated rings. The number of hydrogen-bond donors (Lipinski definition) is 0. The van der Waals surface area contributed by atoms with E-state index in [1.54, 1.807) is 0 Å². The summed E-state index contributed by atoms with van der Waals surface area (Å²) in [6, 6.07) is 24.8. The summed E-state index contributed by atoms with van der Waals surface area (Å²) in [5, 5.41) is 0. The first-order chi connectivity index (χ1) is 19.6. The predicted octanol–water partition coefficient (Wildman–Crippen LogP) is 12.2. The van der Waals surface area contributed by atoms with Gasteiger partial charge in [0, 0.05) is 11.1 Å². The first-order valence-electron chi connectivity index (χ1n) is 16.3. The van der Waals surface area contributed by atoms with Crippen molar-refractivity contribution in [3.63, 3.8) is 0 Å². The van der Waals surface area contributed by atoms with Crippen LogP contribution in [0.1, 0.15) is 133 Å². The molecule has 1 aliphatic heterocycles. The van der Waals surface area contributed by atoms with Crippen molar-refractivity contribution < 1.29 is 4.74 Å². The first-order valence-corrected chi connectivity index (χ1v) is 16.3. The lowest BCUT2D eigenvalue weighted by Gasteiger charge is -2.41. The molecule has 0 aromatic heterocycles. The van der Waals surface area contributed by atoms with E-state index in [-0.39, 0.29) is 5.60 Å². The van der Waals surface area contributed by atoms with Crippen LogP contribution in [0.5, 0.6) is 5.75 Å². The number of fused-ring (bicyclic) bond motifs is 3. The highest BCUT2D eigenvalue weighted by Gasteiger charge is 2.40. The second kappa shape index (κ2) is 15.3. The van der Waals surface area contributed by atoms with Crippen molar-refractivity contribution in [2.24, 2.45) is 0 Å². The fraction of sp³-hybridized carbons (Fsp3) is 0.487. The molecule has 0 N–H and O–H groups in total. The van der Waals surface area contributed by atoms with Gasteiger partial charge >= 0.3 is 0 Å². The molecule has 1 aliphatic rings. The fourth-order valence-corrected chi connectivity index (χ4v) is 6.52. The van der Waals surface area contributed by atoms with Crippen LogP contribution in [0.25, 0.3) is 16.7 Å². The van der Waals surface area contributed by atoms with E-state index in [0.29, 0.717) is 0 Å². The Morgan fingerprint density at radius 2 is 1.25 bits per heavy atom. The lowest BCUT2D eigenvalue weighted by atomic mass is 9.76. The summed E-state index contributed by atoms with van der Waals surface area (Å²) in [5.41, 5.74) is 8.88.